The zero-order chi connectivity index (χ0) is 16.6. The molecule has 1 aliphatic rings. The summed E-state index contributed by atoms with van der Waals surface area (Å²) in [7, 11) is -3.54. The number of pyridine rings is 1. The quantitative estimate of drug-likeness (QED) is 0.789. The third-order valence-corrected chi connectivity index (χ3v) is 5.70. The van der Waals surface area contributed by atoms with Crippen molar-refractivity contribution in [2.75, 3.05) is 0 Å². The summed E-state index contributed by atoms with van der Waals surface area (Å²) in [5.41, 5.74) is 2.84. The Bertz CT molecular complexity index is 1040. The number of rotatable bonds is 4. The van der Waals surface area contributed by atoms with Gasteiger partial charge in [0.1, 0.15) is 0 Å². The number of fused-ring (bicyclic) bond motifs is 2. The largest absolute Gasteiger partial charge is 0.285 e. The Balaban J connectivity index is 1.57. The Hall–Kier alpha value is -2.51. The van der Waals surface area contributed by atoms with Crippen LogP contribution in [0.25, 0.3) is 11.7 Å². The summed E-state index contributed by atoms with van der Waals surface area (Å²) in [6, 6.07) is 13.4. The minimum absolute atomic E-state index is 0.104. The van der Waals surface area contributed by atoms with Crippen LogP contribution in [0, 0.1) is 0 Å². The molecule has 0 saturated heterocycles. The molecule has 0 unspecified atom stereocenters. The first-order valence-corrected chi connectivity index (χ1v) is 9.18. The molecule has 122 valence electrons. The van der Waals surface area contributed by atoms with E-state index in [1.807, 2.05) is 48.7 Å². The van der Waals surface area contributed by atoms with Crippen molar-refractivity contribution >= 4 is 21.7 Å². The molecule has 6 nitrogen and oxygen atoms in total. The van der Waals surface area contributed by atoms with Crippen molar-refractivity contribution in [1.29, 1.82) is 0 Å². The molecular weight excluding hydrogens is 324 g/mol. The molecule has 1 aromatic carbocycles. The second-order valence-electron chi connectivity index (χ2n) is 5.68. The standard InChI is InChI=1S/C17H16N4O2S/c22-24(23,15-9-8-13-5-1-2-6-14(13)11-15)18-12-17-20-19-16-7-3-4-10-21(16)17/h1-7,10-11,18H,8-9,12H2. The molecule has 0 bridgehead atoms. The van der Waals surface area contributed by atoms with E-state index in [9.17, 15) is 8.42 Å². The van der Waals surface area contributed by atoms with E-state index >= 15 is 0 Å². The van der Waals surface area contributed by atoms with Gasteiger partial charge in [0.15, 0.2) is 11.5 Å². The van der Waals surface area contributed by atoms with E-state index in [0.717, 1.165) is 12.0 Å². The molecule has 0 aliphatic heterocycles. The molecule has 24 heavy (non-hydrogen) atoms. The summed E-state index contributed by atoms with van der Waals surface area (Å²) in [5.74, 6) is 0.561. The lowest BCUT2D eigenvalue weighted by Crippen LogP contribution is -2.26. The van der Waals surface area contributed by atoms with Crippen LogP contribution in [0.5, 0.6) is 0 Å². The summed E-state index contributed by atoms with van der Waals surface area (Å²) in [6.45, 7) is 0.104. The Labute approximate surface area is 139 Å². The summed E-state index contributed by atoms with van der Waals surface area (Å²) in [4.78, 5) is 0.412. The first-order valence-electron chi connectivity index (χ1n) is 7.70. The minimum atomic E-state index is -3.54. The second-order valence-corrected chi connectivity index (χ2v) is 7.50. The maximum atomic E-state index is 12.6. The van der Waals surface area contributed by atoms with Gasteiger partial charge in [0.2, 0.25) is 10.0 Å². The van der Waals surface area contributed by atoms with Gasteiger partial charge in [-0.2, -0.15) is 0 Å². The number of allylic oxidation sites excluding steroid dienone is 1. The number of sulfonamides is 1. The van der Waals surface area contributed by atoms with E-state index in [4.69, 9.17) is 0 Å². The molecule has 2 aromatic heterocycles. The molecule has 0 amide bonds. The van der Waals surface area contributed by atoms with Crippen molar-refractivity contribution in [2.24, 2.45) is 0 Å². The van der Waals surface area contributed by atoms with Crippen LogP contribution in [0.15, 0.2) is 53.6 Å². The van der Waals surface area contributed by atoms with E-state index in [0.29, 0.717) is 22.8 Å². The van der Waals surface area contributed by atoms with Crippen LogP contribution in [0.1, 0.15) is 23.4 Å². The highest BCUT2D eigenvalue weighted by Gasteiger charge is 2.22. The Morgan fingerprint density at radius 1 is 1.04 bits per heavy atom. The maximum absolute atomic E-state index is 12.6. The van der Waals surface area contributed by atoms with Gasteiger partial charge in [-0.3, -0.25) is 4.40 Å². The van der Waals surface area contributed by atoms with Gasteiger partial charge in [0, 0.05) is 6.20 Å². The molecule has 0 fully saturated rings. The molecule has 1 aliphatic carbocycles. The van der Waals surface area contributed by atoms with Crippen LogP contribution in [0.2, 0.25) is 0 Å². The Morgan fingerprint density at radius 2 is 1.88 bits per heavy atom. The third-order valence-electron chi connectivity index (χ3n) is 4.16. The lowest BCUT2D eigenvalue weighted by Gasteiger charge is -2.16. The van der Waals surface area contributed by atoms with Crippen LogP contribution in [0.4, 0.5) is 0 Å². The summed E-state index contributed by atoms with van der Waals surface area (Å²) >= 11 is 0. The minimum Gasteiger partial charge on any atom is -0.285 e. The van der Waals surface area contributed by atoms with Crippen LogP contribution in [0.3, 0.4) is 0 Å². The number of aromatic nitrogens is 3. The number of nitrogens with zero attached hydrogens (tertiary/aromatic N) is 3. The van der Waals surface area contributed by atoms with Crippen LogP contribution in [-0.2, 0) is 23.0 Å². The first kappa shape index (κ1) is 15.0. The van der Waals surface area contributed by atoms with Crippen LogP contribution in [-0.4, -0.2) is 23.0 Å². The number of aryl methyl sites for hydroxylation is 1. The molecule has 0 atom stereocenters. The SMILES string of the molecule is O=S(=O)(NCc1nnc2ccccn12)C1=Cc2ccccc2CC1. The lowest BCUT2D eigenvalue weighted by molar-refractivity contribution is 0.583. The fourth-order valence-corrected chi connectivity index (χ4v) is 4.04. The van der Waals surface area contributed by atoms with Crippen molar-refractivity contribution in [3.63, 3.8) is 0 Å². The molecule has 1 N–H and O–H groups in total. The van der Waals surface area contributed by atoms with Gasteiger partial charge in [-0.25, -0.2) is 13.1 Å². The van der Waals surface area contributed by atoms with Gasteiger partial charge in [0.05, 0.1) is 11.4 Å². The van der Waals surface area contributed by atoms with Crippen molar-refractivity contribution in [3.8, 4) is 0 Å². The van der Waals surface area contributed by atoms with E-state index < -0.39 is 10.0 Å². The fourth-order valence-electron chi connectivity index (χ4n) is 2.88. The maximum Gasteiger partial charge on any atom is 0.237 e. The molecule has 4 rings (SSSR count). The lowest BCUT2D eigenvalue weighted by atomic mass is 9.98. The summed E-state index contributed by atoms with van der Waals surface area (Å²) in [5, 5.41) is 8.07. The predicted octanol–water partition coefficient (Wildman–Crippen LogP) is 2.14. The third kappa shape index (κ3) is 2.72. The number of hydrogen-bond acceptors (Lipinski definition) is 4. The number of hydrogen-bond donors (Lipinski definition) is 1. The van der Waals surface area contributed by atoms with Crippen LogP contribution < -0.4 is 4.72 Å². The zero-order valence-corrected chi connectivity index (χ0v) is 13.7. The van der Waals surface area contributed by atoms with Gasteiger partial charge in [-0.1, -0.05) is 30.3 Å². The van der Waals surface area contributed by atoms with Gasteiger partial charge < -0.3 is 0 Å². The van der Waals surface area contributed by atoms with E-state index in [-0.39, 0.29) is 6.54 Å². The van der Waals surface area contributed by atoms with Crippen LogP contribution >= 0.6 is 0 Å². The Kier molecular flexibility index (Phi) is 3.66. The Morgan fingerprint density at radius 3 is 2.79 bits per heavy atom. The highest BCUT2D eigenvalue weighted by molar-refractivity contribution is 7.93. The average molecular weight is 340 g/mol. The molecule has 2 heterocycles. The normalized spacial score (nSPS) is 14.4. The van der Waals surface area contributed by atoms with Gasteiger partial charge in [0.25, 0.3) is 0 Å². The number of benzene rings is 1. The molecular formula is C17H16N4O2S. The van der Waals surface area contributed by atoms with Gasteiger partial charge in [-0.05, 0) is 42.2 Å². The van der Waals surface area contributed by atoms with Crippen molar-refractivity contribution in [2.45, 2.75) is 19.4 Å². The number of nitrogens with one attached hydrogen (secondary N) is 1. The monoisotopic (exact) mass is 340 g/mol. The average Bonchev–Trinajstić information content (AvgIpc) is 3.03. The highest BCUT2D eigenvalue weighted by atomic mass is 32.2. The topological polar surface area (TPSA) is 76.4 Å². The molecule has 0 saturated carbocycles. The molecule has 0 spiro atoms. The smallest absolute Gasteiger partial charge is 0.237 e. The highest BCUT2D eigenvalue weighted by Crippen LogP contribution is 2.26. The second kappa shape index (κ2) is 5.85. The predicted molar refractivity (Wildman–Crippen MR) is 91.5 cm³/mol. The van der Waals surface area contributed by atoms with Gasteiger partial charge >= 0.3 is 0 Å². The van der Waals surface area contributed by atoms with Crippen molar-refractivity contribution in [3.05, 3.63) is 70.5 Å². The van der Waals surface area contributed by atoms with E-state index in [1.54, 1.807) is 10.5 Å². The molecule has 7 heteroatoms. The summed E-state index contributed by atoms with van der Waals surface area (Å²) in [6.07, 6.45) is 4.81. The van der Waals surface area contributed by atoms with Gasteiger partial charge in [-0.15, -0.1) is 10.2 Å². The van der Waals surface area contributed by atoms with Crippen molar-refractivity contribution < 1.29 is 8.42 Å². The zero-order valence-electron chi connectivity index (χ0n) is 12.9. The molecule has 3 aromatic rings. The van der Waals surface area contributed by atoms with E-state index in [1.165, 1.54) is 5.56 Å². The van der Waals surface area contributed by atoms with Crippen molar-refractivity contribution in [1.82, 2.24) is 19.3 Å². The first-order chi connectivity index (χ1) is 11.6. The van der Waals surface area contributed by atoms with E-state index in [2.05, 4.69) is 14.9 Å². The fraction of sp³-hybridized carbons (Fsp3) is 0.176. The molecule has 0 radical (unpaired) electrons. The summed E-state index contributed by atoms with van der Waals surface area (Å²) < 4.78 is 29.6.